The van der Waals surface area contributed by atoms with Gasteiger partial charge in [-0.3, -0.25) is 0 Å². The molecule has 1 rings (SSSR count). The fraction of sp³-hybridized carbons (Fsp3) is 0.412. The molecule has 0 radical (unpaired) electrons. The monoisotopic (exact) mass is 244 g/mol. The second-order valence-electron chi connectivity index (χ2n) is 5.30. The van der Waals surface area contributed by atoms with Crippen molar-refractivity contribution in [1.82, 2.24) is 0 Å². The Labute approximate surface area is 111 Å². The summed E-state index contributed by atoms with van der Waals surface area (Å²) in [5.74, 6) is 0.459. The average Bonchev–Trinajstić information content (AvgIpc) is 2.28. The highest BCUT2D eigenvalue weighted by molar-refractivity contribution is 5.35. The predicted molar refractivity (Wildman–Crippen MR) is 78.8 cm³/mol. The van der Waals surface area contributed by atoms with E-state index in [1.807, 2.05) is 0 Å². The van der Waals surface area contributed by atoms with Crippen LogP contribution in [0.4, 0.5) is 0 Å². The molecule has 1 nitrogen and oxygen atoms in total. The summed E-state index contributed by atoms with van der Waals surface area (Å²) in [4.78, 5) is 0. The lowest BCUT2D eigenvalue weighted by Gasteiger charge is -2.27. The van der Waals surface area contributed by atoms with Gasteiger partial charge in [0.15, 0.2) is 0 Å². The summed E-state index contributed by atoms with van der Waals surface area (Å²) < 4.78 is 0. The second-order valence-corrected chi connectivity index (χ2v) is 5.30. The first-order valence-corrected chi connectivity index (χ1v) is 6.49. The van der Waals surface area contributed by atoms with Gasteiger partial charge in [0.05, 0.1) is 5.60 Å². The predicted octanol–water partition coefficient (Wildman–Crippen LogP) is 4.46. The Morgan fingerprint density at radius 3 is 2.17 bits per heavy atom. The first-order chi connectivity index (χ1) is 8.42. The number of hydrogen-bond acceptors (Lipinski definition) is 1. The first kappa shape index (κ1) is 14.7. The van der Waals surface area contributed by atoms with Gasteiger partial charge >= 0.3 is 0 Å². The van der Waals surface area contributed by atoms with Crippen molar-refractivity contribution in [2.45, 2.75) is 45.1 Å². The largest absolute Gasteiger partial charge is 0.385 e. The first-order valence-electron chi connectivity index (χ1n) is 6.49. The summed E-state index contributed by atoms with van der Waals surface area (Å²) in [7, 11) is 0. The molecule has 0 aliphatic heterocycles. The second kappa shape index (κ2) is 6.01. The van der Waals surface area contributed by atoms with Crippen molar-refractivity contribution in [3.63, 3.8) is 0 Å². The fourth-order valence-electron chi connectivity index (χ4n) is 2.21. The van der Waals surface area contributed by atoms with Crippen molar-refractivity contribution in [3.8, 4) is 0 Å². The number of benzene rings is 1. The standard InChI is InChI=1S/C17H24O/c1-6-8-17(18,9-7-2)16-11-14(5)10-15(12-16)13(3)4/h6-7,10-13,18H,1-2,8-9H2,3-5H3. The van der Waals surface area contributed by atoms with Crippen molar-refractivity contribution in [2.24, 2.45) is 0 Å². The van der Waals surface area contributed by atoms with Gasteiger partial charge in [-0.2, -0.15) is 0 Å². The minimum Gasteiger partial charge on any atom is -0.385 e. The average molecular weight is 244 g/mol. The molecule has 0 unspecified atom stereocenters. The van der Waals surface area contributed by atoms with Crippen LogP contribution in [0.2, 0.25) is 0 Å². The lowest BCUT2D eigenvalue weighted by Crippen LogP contribution is -2.24. The van der Waals surface area contributed by atoms with E-state index in [0.29, 0.717) is 18.8 Å². The fourth-order valence-corrected chi connectivity index (χ4v) is 2.21. The summed E-state index contributed by atoms with van der Waals surface area (Å²) in [6.07, 6.45) is 4.61. The van der Waals surface area contributed by atoms with Gasteiger partial charge in [-0.1, -0.05) is 49.8 Å². The Morgan fingerprint density at radius 1 is 1.17 bits per heavy atom. The van der Waals surface area contributed by atoms with Crippen LogP contribution in [0.1, 0.15) is 49.3 Å². The molecule has 0 aliphatic carbocycles. The molecule has 1 aromatic rings. The summed E-state index contributed by atoms with van der Waals surface area (Å²) in [6.45, 7) is 13.9. The quantitative estimate of drug-likeness (QED) is 0.733. The summed E-state index contributed by atoms with van der Waals surface area (Å²) >= 11 is 0. The Hall–Kier alpha value is -1.34. The lowest BCUT2D eigenvalue weighted by molar-refractivity contribution is 0.0428. The lowest BCUT2D eigenvalue weighted by atomic mass is 9.84. The van der Waals surface area contributed by atoms with Crippen LogP contribution in [0, 0.1) is 6.92 Å². The number of hydrogen-bond donors (Lipinski definition) is 1. The topological polar surface area (TPSA) is 20.2 Å². The van der Waals surface area contributed by atoms with Gasteiger partial charge in [-0.15, -0.1) is 13.2 Å². The highest BCUT2D eigenvalue weighted by Gasteiger charge is 2.27. The highest BCUT2D eigenvalue weighted by atomic mass is 16.3. The molecular weight excluding hydrogens is 220 g/mol. The molecule has 0 aromatic heterocycles. The molecular formula is C17H24O. The molecule has 0 fully saturated rings. The SMILES string of the molecule is C=CCC(O)(CC=C)c1cc(C)cc(C(C)C)c1. The van der Waals surface area contributed by atoms with E-state index in [-0.39, 0.29) is 0 Å². The van der Waals surface area contributed by atoms with Gasteiger partial charge in [0.25, 0.3) is 0 Å². The van der Waals surface area contributed by atoms with Crippen LogP contribution >= 0.6 is 0 Å². The van der Waals surface area contributed by atoms with Gasteiger partial charge in [-0.05, 0) is 36.8 Å². The number of aliphatic hydroxyl groups is 1. The maximum atomic E-state index is 10.8. The molecule has 1 aromatic carbocycles. The maximum absolute atomic E-state index is 10.8. The van der Waals surface area contributed by atoms with Crippen molar-refractivity contribution in [2.75, 3.05) is 0 Å². The minimum absolute atomic E-state index is 0.459. The van der Waals surface area contributed by atoms with E-state index in [1.165, 1.54) is 11.1 Å². The molecule has 0 amide bonds. The third-order valence-corrected chi connectivity index (χ3v) is 3.27. The molecule has 0 bridgehead atoms. The normalized spacial score (nSPS) is 11.6. The van der Waals surface area contributed by atoms with Crippen LogP contribution in [0.5, 0.6) is 0 Å². The van der Waals surface area contributed by atoms with Gasteiger partial charge in [0, 0.05) is 0 Å². The molecule has 0 atom stereocenters. The van der Waals surface area contributed by atoms with E-state index in [0.717, 1.165) is 5.56 Å². The van der Waals surface area contributed by atoms with E-state index in [1.54, 1.807) is 12.2 Å². The van der Waals surface area contributed by atoms with Gasteiger partial charge < -0.3 is 5.11 Å². The molecule has 0 spiro atoms. The van der Waals surface area contributed by atoms with Crippen LogP contribution in [-0.2, 0) is 5.60 Å². The Balaban J connectivity index is 3.27. The zero-order valence-corrected chi connectivity index (χ0v) is 11.7. The van der Waals surface area contributed by atoms with E-state index < -0.39 is 5.60 Å². The molecule has 1 N–H and O–H groups in total. The molecule has 0 saturated carbocycles. The van der Waals surface area contributed by atoms with Crippen LogP contribution in [0.25, 0.3) is 0 Å². The summed E-state index contributed by atoms with van der Waals surface area (Å²) in [6, 6.07) is 6.33. The number of aryl methyl sites for hydroxylation is 1. The number of rotatable bonds is 6. The van der Waals surface area contributed by atoms with Crippen LogP contribution in [-0.4, -0.2) is 5.11 Å². The van der Waals surface area contributed by atoms with E-state index in [4.69, 9.17) is 0 Å². The van der Waals surface area contributed by atoms with E-state index in [2.05, 4.69) is 52.1 Å². The Morgan fingerprint density at radius 2 is 1.72 bits per heavy atom. The Kier molecular flexibility index (Phi) is 4.92. The third-order valence-electron chi connectivity index (χ3n) is 3.27. The minimum atomic E-state index is -0.876. The van der Waals surface area contributed by atoms with Gasteiger partial charge in [-0.25, -0.2) is 0 Å². The van der Waals surface area contributed by atoms with Crippen molar-refractivity contribution in [1.29, 1.82) is 0 Å². The van der Waals surface area contributed by atoms with Crippen molar-refractivity contribution < 1.29 is 5.11 Å². The van der Waals surface area contributed by atoms with Crippen LogP contribution in [0.15, 0.2) is 43.5 Å². The van der Waals surface area contributed by atoms with Crippen LogP contribution in [0.3, 0.4) is 0 Å². The molecule has 0 aliphatic rings. The zero-order valence-electron chi connectivity index (χ0n) is 11.7. The molecule has 1 heteroatoms. The van der Waals surface area contributed by atoms with Crippen molar-refractivity contribution >= 4 is 0 Å². The molecule has 98 valence electrons. The summed E-state index contributed by atoms with van der Waals surface area (Å²) in [5.41, 5.74) is 2.53. The molecule has 0 saturated heterocycles. The molecule has 0 heterocycles. The highest BCUT2D eigenvalue weighted by Crippen LogP contribution is 2.32. The van der Waals surface area contributed by atoms with Gasteiger partial charge in [0.2, 0.25) is 0 Å². The zero-order chi connectivity index (χ0) is 13.8. The smallest absolute Gasteiger partial charge is 0.0965 e. The van der Waals surface area contributed by atoms with Gasteiger partial charge in [0.1, 0.15) is 0 Å². The van der Waals surface area contributed by atoms with E-state index in [9.17, 15) is 5.11 Å². The third kappa shape index (κ3) is 3.33. The van der Waals surface area contributed by atoms with E-state index >= 15 is 0 Å². The van der Waals surface area contributed by atoms with Crippen molar-refractivity contribution in [3.05, 3.63) is 60.2 Å². The summed E-state index contributed by atoms with van der Waals surface area (Å²) in [5, 5.41) is 10.8. The Bertz CT molecular complexity index is 419. The molecule has 18 heavy (non-hydrogen) atoms. The van der Waals surface area contributed by atoms with Crippen LogP contribution < -0.4 is 0 Å². The maximum Gasteiger partial charge on any atom is 0.0965 e.